The second kappa shape index (κ2) is 10.3. The lowest BCUT2D eigenvalue weighted by Crippen LogP contribution is -2.13. The predicted molar refractivity (Wildman–Crippen MR) is 132 cm³/mol. The molecule has 9 heteroatoms. The molecule has 0 atom stereocenters. The number of hydrogen-bond donors (Lipinski definition) is 0. The van der Waals surface area contributed by atoms with Crippen molar-refractivity contribution in [1.82, 2.24) is 0 Å². The summed E-state index contributed by atoms with van der Waals surface area (Å²) in [6.45, 7) is 4.75. The lowest BCUT2D eigenvalue weighted by atomic mass is 10.1. The van der Waals surface area contributed by atoms with Crippen LogP contribution in [0.1, 0.15) is 30.0 Å². The van der Waals surface area contributed by atoms with E-state index in [1.54, 1.807) is 22.7 Å². The molecular formula is C20H21Cl3O2S3Si. The van der Waals surface area contributed by atoms with Gasteiger partial charge in [-0.05, 0) is 54.8 Å². The average Bonchev–Trinajstić information content (AvgIpc) is 3.36. The number of esters is 1. The topological polar surface area (TPSA) is 26.3 Å². The van der Waals surface area contributed by atoms with Crippen molar-refractivity contribution in [3.05, 3.63) is 46.2 Å². The second-order valence-electron chi connectivity index (χ2n) is 7.07. The summed E-state index contributed by atoms with van der Waals surface area (Å²) in [5, 5.41) is 0. The minimum atomic E-state index is -2.78. The van der Waals surface area contributed by atoms with Gasteiger partial charge in [0, 0.05) is 35.7 Å². The standard InChI is InChI=1S/C20H21Cl3O2S3Si/c1-13(2)11-14-3-5-16(26-14)18-7-8-19(28-18)17-6-4-15(27-17)12-25-20(24)9-10-29(21,22)23/h3-8,13H,9-12H2,1-2H3. The molecule has 0 bridgehead atoms. The number of halogens is 3. The first kappa shape index (κ1) is 23.3. The monoisotopic (exact) mass is 522 g/mol. The van der Waals surface area contributed by atoms with Crippen LogP contribution in [0.3, 0.4) is 0 Å². The number of carbonyl (C=O) groups is 1. The Kier molecular flexibility index (Phi) is 8.29. The van der Waals surface area contributed by atoms with Gasteiger partial charge in [-0.1, -0.05) is 13.8 Å². The molecule has 0 aliphatic heterocycles. The van der Waals surface area contributed by atoms with E-state index in [4.69, 9.17) is 38.0 Å². The molecule has 29 heavy (non-hydrogen) atoms. The maximum atomic E-state index is 11.8. The van der Waals surface area contributed by atoms with Crippen LogP contribution in [0.25, 0.3) is 19.5 Å². The molecule has 0 fully saturated rings. The molecule has 2 nitrogen and oxygen atoms in total. The van der Waals surface area contributed by atoms with E-state index >= 15 is 0 Å². The summed E-state index contributed by atoms with van der Waals surface area (Å²) >= 11 is 22.7. The Morgan fingerprint density at radius 3 is 2.00 bits per heavy atom. The fourth-order valence-corrected chi connectivity index (χ4v) is 7.35. The van der Waals surface area contributed by atoms with Crippen molar-refractivity contribution >= 4 is 79.2 Å². The summed E-state index contributed by atoms with van der Waals surface area (Å²) in [4.78, 5) is 19.3. The van der Waals surface area contributed by atoms with Gasteiger partial charge in [-0.25, -0.2) is 0 Å². The summed E-state index contributed by atoms with van der Waals surface area (Å²) in [6.07, 6.45) is 1.27. The van der Waals surface area contributed by atoms with Gasteiger partial charge in [0.2, 0.25) is 0 Å². The fraction of sp³-hybridized carbons (Fsp3) is 0.350. The highest BCUT2D eigenvalue weighted by atomic mass is 35.8. The normalized spacial score (nSPS) is 11.9. The Morgan fingerprint density at radius 1 is 0.897 bits per heavy atom. The van der Waals surface area contributed by atoms with Gasteiger partial charge in [-0.2, -0.15) is 0 Å². The molecule has 0 aliphatic carbocycles. The SMILES string of the molecule is CC(C)Cc1ccc(-c2ccc(-c3ccc(COC(=O)CC[Si](Cl)(Cl)Cl)s3)s2)s1. The first-order chi connectivity index (χ1) is 13.7. The number of carbonyl (C=O) groups excluding carboxylic acids is 1. The van der Waals surface area contributed by atoms with Crippen LogP contribution in [0.2, 0.25) is 6.04 Å². The highest BCUT2D eigenvalue weighted by Gasteiger charge is 2.26. The van der Waals surface area contributed by atoms with Crippen LogP contribution in [0.5, 0.6) is 0 Å². The lowest BCUT2D eigenvalue weighted by Gasteiger charge is -2.07. The van der Waals surface area contributed by atoms with E-state index in [9.17, 15) is 4.79 Å². The number of thiophene rings is 3. The zero-order valence-electron chi connectivity index (χ0n) is 16.0. The fourth-order valence-electron chi connectivity index (χ4n) is 2.68. The summed E-state index contributed by atoms with van der Waals surface area (Å²) in [6, 6.07) is 10.4. The molecule has 0 aliphatic rings. The zero-order chi connectivity index (χ0) is 21.0. The van der Waals surface area contributed by atoms with Gasteiger partial charge in [0.15, 0.2) is 0 Å². The molecule has 0 N–H and O–H groups in total. The Labute approximate surface area is 198 Å². The number of hydrogen-bond acceptors (Lipinski definition) is 5. The molecule has 0 aromatic carbocycles. The molecule has 0 saturated carbocycles. The Morgan fingerprint density at radius 2 is 1.41 bits per heavy atom. The summed E-state index contributed by atoms with van der Waals surface area (Å²) in [5.74, 6) is 0.343. The highest BCUT2D eigenvalue weighted by Crippen LogP contribution is 2.40. The molecule has 0 saturated heterocycles. The van der Waals surface area contributed by atoms with Crippen LogP contribution in [0.15, 0.2) is 36.4 Å². The first-order valence-corrected chi connectivity index (χ1v) is 16.9. The zero-order valence-corrected chi connectivity index (χ0v) is 21.8. The molecule has 0 amide bonds. The first-order valence-electron chi connectivity index (χ1n) is 9.20. The number of rotatable bonds is 9. The molecule has 0 radical (unpaired) electrons. The van der Waals surface area contributed by atoms with Crippen molar-refractivity contribution in [1.29, 1.82) is 0 Å². The van der Waals surface area contributed by atoms with Crippen LogP contribution in [0.4, 0.5) is 0 Å². The maximum Gasteiger partial charge on any atom is 0.341 e. The third-order valence-corrected chi connectivity index (χ3v) is 10.2. The van der Waals surface area contributed by atoms with E-state index in [1.807, 2.05) is 17.4 Å². The Balaban J connectivity index is 1.58. The molecule has 3 aromatic rings. The van der Waals surface area contributed by atoms with Crippen LogP contribution < -0.4 is 0 Å². The second-order valence-corrected chi connectivity index (χ2v) is 19.8. The quantitative estimate of drug-likeness (QED) is 0.160. The molecule has 3 rings (SSSR count). The molecule has 156 valence electrons. The summed E-state index contributed by atoms with van der Waals surface area (Å²) < 4.78 is 5.30. The van der Waals surface area contributed by atoms with Gasteiger partial charge in [0.25, 0.3) is 0 Å². The Hall–Kier alpha value is -0.343. The van der Waals surface area contributed by atoms with E-state index in [0.29, 0.717) is 5.92 Å². The minimum absolute atomic E-state index is 0.148. The predicted octanol–water partition coefficient (Wildman–Crippen LogP) is 8.49. The van der Waals surface area contributed by atoms with Gasteiger partial charge in [0.05, 0.1) is 0 Å². The largest absolute Gasteiger partial charge is 0.460 e. The van der Waals surface area contributed by atoms with Crippen molar-refractivity contribution < 1.29 is 9.53 Å². The number of ether oxygens (including phenoxy) is 1. The van der Waals surface area contributed by atoms with Crippen molar-refractivity contribution in [2.45, 2.75) is 39.3 Å². The van der Waals surface area contributed by atoms with E-state index in [2.05, 4.69) is 44.2 Å². The molecule has 0 unspecified atom stereocenters. The molecule has 3 heterocycles. The molecule has 0 spiro atoms. The van der Waals surface area contributed by atoms with Crippen LogP contribution in [0, 0.1) is 5.92 Å². The highest BCUT2D eigenvalue weighted by molar-refractivity contribution is 7.64. The van der Waals surface area contributed by atoms with Gasteiger partial charge in [-0.15, -0.1) is 67.2 Å². The summed E-state index contributed by atoms with van der Waals surface area (Å²) in [5.41, 5.74) is 0. The maximum absolute atomic E-state index is 11.8. The average molecular weight is 524 g/mol. The van der Waals surface area contributed by atoms with Gasteiger partial charge in [0.1, 0.15) is 6.61 Å². The smallest absolute Gasteiger partial charge is 0.341 e. The van der Waals surface area contributed by atoms with Gasteiger partial charge in [-0.3, -0.25) is 4.79 Å². The minimum Gasteiger partial charge on any atom is -0.460 e. The third kappa shape index (κ3) is 7.38. The molecular weight excluding hydrogens is 503 g/mol. The Bertz CT molecular complexity index is 956. The van der Waals surface area contributed by atoms with Crippen LogP contribution >= 0.6 is 67.2 Å². The van der Waals surface area contributed by atoms with Gasteiger partial charge < -0.3 is 4.74 Å². The van der Waals surface area contributed by atoms with Gasteiger partial charge >= 0.3 is 12.0 Å². The van der Waals surface area contributed by atoms with Crippen molar-refractivity contribution in [3.63, 3.8) is 0 Å². The van der Waals surface area contributed by atoms with E-state index in [-0.39, 0.29) is 25.0 Å². The van der Waals surface area contributed by atoms with E-state index in [1.165, 1.54) is 24.4 Å². The molecule has 3 aromatic heterocycles. The summed E-state index contributed by atoms with van der Waals surface area (Å²) in [7, 11) is 0. The van der Waals surface area contributed by atoms with E-state index < -0.39 is 6.00 Å². The third-order valence-electron chi connectivity index (χ3n) is 4.01. The van der Waals surface area contributed by atoms with Crippen LogP contribution in [-0.2, 0) is 22.6 Å². The van der Waals surface area contributed by atoms with E-state index in [0.717, 1.165) is 11.3 Å². The lowest BCUT2D eigenvalue weighted by molar-refractivity contribution is -0.144. The van der Waals surface area contributed by atoms with Crippen molar-refractivity contribution in [3.8, 4) is 19.5 Å². The van der Waals surface area contributed by atoms with Crippen molar-refractivity contribution in [2.75, 3.05) is 0 Å². The van der Waals surface area contributed by atoms with Crippen molar-refractivity contribution in [2.24, 2.45) is 5.92 Å². The van der Waals surface area contributed by atoms with Crippen LogP contribution in [-0.4, -0.2) is 12.0 Å².